The van der Waals surface area contributed by atoms with Crippen LogP contribution < -0.4 is 15.4 Å². The van der Waals surface area contributed by atoms with E-state index in [0.29, 0.717) is 22.7 Å². The first-order chi connectivity index (χ1) is 12.8. The molecule has 0 radical (unpaired) electrons. The highest BCUT2D eigenvalue weighted by Crippen LogP contribution is 2.28. The molecule has 0 heterocycles. The fourth-order valence-electron chi connectivity index (χ4n) is 2.70. The Bertz CT molecular complexity index is 874. The van der Waals surface area contributed by atoms with Gasteiger partial charge in [-0.25, -0.2) is 0 Å². The van der Waals surface area contributed by atoms with Gasteiger partial charge in [-0.1, -0.05) is 17.7 Å². The second kappa shape index (κ2) is 8.98. The highest BCUT2D eigenvalue weighted by molar-refractivity contribution is 6.01. The quantitative estimate of drug-likeness (QED) is 0.727. The smallest absolute Gasteiger partial charge is 0.224 e. The number of methoxy groups -OCH3 is 1. The van der Waals surface area contributed by atoms with E-state index in [9.17, 15) is 14.4 Å². The second-order valence-electron chi connectivity index (χ2n) is 6.39. The average Bonchev–Trinajstić information content (AvgIpc) is 2.61. The summed E-state index contributed by atoms with van der Waals surface area (Å²) in [6.07, 6.45) is 0.170. The van der Waals surface area contributed by atoms with Crippen molar-refractivity contribution in [1.82, 2.24) is 0 Å². The molecule has 0 aliphatic heterocycles. The van der Waals surface area contributed by atoms with Crippen LogP contribution in [0.5, 0.6) is 5.75 Å². The topological polar surface area (TPSA) is 84.5 Å². The van der Waals surface area contributed by atoms with Gasteiger partial charge < -0.3 is 15.4 Å². The number of hydrogen-bond acceptors (Lipinski definition) is 4. The Morgan fingerprint density at radius 2 is 1.70 bits per heavy atom. The van der Waals surface area contributed by atoms with Crippen molar-refractivity contribution in [2.75, 3.05) is 17.7 Å². The molecule has 0 aliphatic rings. The number of anilines is 2. The highest BCUT2D eigenvalue weighted by Gasteiger charge is 2.14. The van der Waals surface area contributed by atoms with E-state index < -0.39 is 0 Å². The minimum absolute atomic E-state index is 0.0553. The van der Waals surface area contributed by atoms with Crippen LogP contribution in [0.4, 0.5) is 11.4 Å². The van der Waals surface area contributed by atoms with Crippen LogP contribution in [0.1, 0.15) is 41.3 Å². The van der Waals surface area contributed by atoms with E-state index in [0.717, 1.165) is 11.1 Å². The Kier molecular flexibility index (Phi) is 6.71. The number of aryl methyl sites for hydroxylation is 2. The number of Topliss-reactive ketones (excluding diaryl/α,β-unsaturated/α-hetero) is 1. The lowest BCUT2D eigenvalue weighted by Gasteiger charge is -2.12. The number of carbonyl (C=O) groups excluding carboxylic acids is 3. The summed E-state index contributed by atoms with van der Waals surface area (Å²) in [5.74, 6) is -0.105. The number of amides is 2. The van der Waals surface area contributed by atoms with Gasteiger partial charge in [0.15, 0.2) is 5.78 Å². The standard InChI is InChI=1S/C21H24N2O4/c1-13-5-6-14(2)17(11-13)19(25)8-10-21(26)23-18-12-16(22-15(3)24)7-9-20(18)27-4/h5-7,9,11-12H,8,10H2,1-4H3,(H,22,24)(H,23,26). The Hall–Kier alpha value is -3.15. The van der Waals surface area contributed by atoms with E-state index >= 15 is 0 Å². The molecule has 0 unspecified atom stereocenters. The van der Waals surface area contributed by atoms with Gasteiger partial charge in [0.25, 0.3) is 0 Å². The van der Waals surface area contributed by atoms with Crippen molar-refractivity contribution in [1.29, 1.82) is 0 Å². The van der Waals surface area contributed by atoms with Gasteiger partial charge in [0.2, 0.25) is 11.8 Å². The van der Waals surface area contributed by atoms with E-state index in [1.54, 1.807) is 18.2 Å². The summed E-state index contributed by atoms with van der Waals surface area (Å²) >= 11 is 0. The Morgan fingerprint density at radius 3 is 2.37 bits per heavy atom. The van der Waals surface area contributed by atoms with Crippen LogP contribution in [0.15, 0.2) is 36.4 Å². The van der Waals surface area contributed by atoms with E-state index in [1.807, 2.05) is 32.0 Å². The molecule has 0 saturated heterocycles. The molecule has 0 saturated carbocycles. The predicted octanol–water partition coefficient (Wildman–Crippen LogP) is 3.87. The first kappa shape index (κ1) is 20.2. The van der Waals surface area contributed by atoms with Crippen molar-refractivity contribution in [2.45, 2.75) is 33.6 Å². The molecular formula is C21H24N2O4. The van der Waals surface area contributed by atoms with Crippen LogP contribution in [0.25, 0.3) is 0 Å². The summed E-state index contributed by atoms with van der Waals surface area (Å²) in [5.41, 5.74) is 3.54. The molecule has 0 aromatic heterocycles. The lowest BCUT2D eigenvalue weighted by atomic mass is 9.99. The van der Waals surface area contributed by atoms with Gasteiger partial charge in [-0.15, -0.1) is 0 Å². The van der Waals surface area contributed by atoms with Crippen LogP contribution >= 0.6 is 0 Å². The molecule has 2 amide bonds. The minimum Gasteiger partial charge on any atom is -0.495 e. The van der Waals surface area contributed by atoms with Crippen molar-refractivity contribution >= 4 is 29.0 Å². The zero-order valence-electron chi connectivity index (χ0n) is 16.0. The lowest BCUT2D eigenvalue weighted by Crippen LogP contribution is -2.15. The fraction of sp³-hybridized carbons (Fsp3) is 0.286. The van der Waals surface area contributed by atoms with Crippen molar-refractivity contribution in [3.63, 3.8) is 0 Å². The van der Waals surface area contributed by atoms with Gasteiger partial charge in [-0.2, -0.15) is 0 Å². The number of ether oxygens (including phenoxy) is 1. The lowest BCUT2D eigenvalue weighted by molar-refractivity contribution is -0.116. The number of nitrogens with one attached hydrogen (secondary N) is 2. The molecule has 142 valence electrons. The van der Waals surface area contributed by atoms with Gasteiger partial charge in [-0.05, 0) is 43.7 Å². The zero-order chi connectivity index (χ0) is 20.0. The van der Waals surface area contributed by atoms with Crippen LogP contribution in [-0.4, -0.2) is 24.7 Å². The number of ketones is 1. The fourth-order valence-corrected chi connectivity index (χ4v) is 2.70. The number of rotatable bonds is 7. The van der Waals surface area contributed by atoms with E-state index in [4.69, 9.17) is 4.74 Å². The normalized spacial score (nSPS) is 10.2. The third kappa shape index (κ3) is 5.67. The summed E-state index contributed by atoms with van der Waals surface area (Å²) in [4.78, 5) is 35.9. The highest BCUT2D eigenvalue weighted by atomic mass is 16.5. The monoisotopic (exact) mass is 368 g/mol. The molecule has 0 fully saturated rings. The van der Waals surface area contributed by atoms with Crippen molar-refractivity contribution in [3.05, 3.63) is 53.1 Å². The number of benzene rings is 2. The molecule has 2 rings (SSSR count). The number of hydrogen-bond donors (Lipinski definition) is 2. The number of carbonyl (C=O) groups is 3. The molecule has 2 N–H and O–H groups in total. The molecule has 0 aliphatic carbocycles. The summed E-state index contributed by atoms with van der Waals surface area (Å²) in [6, 6.07) is 10.6. The van der Waals surface area contributed by atoms with Gasteiger partial charge in [0.05, 0.1) is 12.8 Å². The second-order valence-corrected chi connectivity index (χ2v) is 6.39. The van der Waals surface area contributed by atoms with Crippen molar-refractivity contribution in [2.24, 2.45) is 0 Å². The van der Waals surface area contributed by atoms with Gasteiger partial charge in [0.1, 0.15) is 5.75 Å². The van der Waals surface area contributed by atoms with Crippen LogP contribution in [-0.2, 0) is 9.59 Å². The van der Waals surface area contributed by atoms with E-state index in [1.165, 1.54) is 14.0 Å². The third-order valence-electron chi connectivity index (χ3n) is 4.07. The summed E-state index contributed by atoms with van der Waals surface area (Å²) in [6.45, 7) is 5.21. The van der Waals surface area contributed by atoms with Crippen molar-refractivity contribution in [3.8, 4) is 5.75 Å². The first-order valence-electron chi connectivity index (χ1n) is 8.66. The summed E-state index contributed by atoms with van der Waals surface area (Å²) in [7, 11) is 1.49. The molecule has 2 aromatic rings. The maximum atomic E-state index is 12.4. The maximum absolute atomic E-state index is 12.4. The van der Waals surface area contributed by atoms with Crippen LogP contribution in [0.2, 0.25) is 0 Å². The molecule has 0 spiro atoms. The molecular weight excluding hydrogens is 344 g/mol. The molecule has 2 aromatic carbocycles. The van der Waals surface area contributed by atoms with Gasteiger partial charge in [0, 0.05) is 31.0 Å². The maximum Gasteiger partial charge on any atom is 0.224 e. The van der Waals surface area contributed by atoms with Crippen LogP contribution in [0, 0.1) is 13.8 Å². The zero-order valence-corrected chi connectivity index (χ0v) is 16.0. The van der Waals surface area contributed by atoms with Crippen LogP contribution in [0.3, 0.4) is 0 Å². The summed E-state index contributed by atoms with van der Waals surface area (Å²) < 4.78 is 5.24. The van der Waals surface area contributed by atoms with Gasteiger partial charge in [-0.3, -0.25) is 14.4 Å². The molecule has 0 atom stereocenters. The summed E-state index contributed by atoms with van der Waals surface area (Å²) in [5, 5.41) is 5.39. The Balaban J connectivity index is 2.03. The molecule has 27 heavy (non-hydrogen) atoms. The van der Waals surface area contributed by atoms with Crippen molar-refractivity contribution < 1.29 is 19.1 Å². The molecule has 6 nitrogen and oxygen atoms in total. The Labute approximate surface area is 158 Å². The predicted molar refractivity (Wildman–Crippen MR) is 105 cm³/mol. The first-order valence-corrected chi connectivity index (χ1v) is 8.66. The largest absolute Gasteiger partial charge is 0.495 e. The van der Waals surface area contributed by atoms with Gasteiger partial charge >= 0.3 is 0 Å². The Morgan fingerprint density at radius 1 is 0.963 bits per heavy atom. The molecule has 0 bridgehead atoms. The minimum atomic E-state index is -0.299. The SMILES string of the molecule is COc1ccc(NC(C)=O)cc1NC(=O)CCC(=O)c1cc(C)ccc1C. The average molecular weight is 368 g/mol. The molecule has 6 heteroatoms. The van der Waals surface area contributed by atoms with E-state index in [2.05, 4.69) is 10.6 Å². The van der Waals surface area contributed by atoms with E-state index in [-0.39, 0.29) is 30.4 Å². The third-order valence-corrected chi connectivity index (χ3v) is 4.07.